The predicted molar refractivity (Wildman–Crippen MR) is 84.7 cm³/mol. The first-order chi connectivity index (χ1) is 11.2. The van der Waals surface area contributed by atoms with Crippen molar-refractivity contribution in [3.05, 3.63) is 47.0 Å². The number of ether oxygens (including phenoxy) is 1. The minimum atomic E-state index is -0.403. The Hall–Kier alpha value is -2.25. The van der Waals surface area contributed by atoms with Crippen LogP contribution in [0.4, 0.5) is 0 Å². The highest BCUT2D eigenvalue weighted by atomic mass is 16.5. The molecule has 7 heteroatoms. The maximum atomic E-state index is 11.3. The van der Waals surface area contributed by atoms with Crippen LogP contribution in [0, 0.1) is 0 Å². The second kappa shape index (κ2) is 6.89. The fourth-order valence-electron chi connectivity index (χ4n) is 2.70. The Labute approximate surface area is 134 Å². The second-order valence-corrected chi connectivity index (χ2v) is 5.65. The van der Waals surface area contributed by atoms with Gasteiger partial charge in [0.1, 0.15) is 11.9 Å². The number of rotatable bonds is 5. The van der Waals surface area contributed by atoms with Crippen LogP contribution in [0.5, 0.6) is 0 Å². The van der Waals surface area contributed by atoms with Gasteiger partial charge in [0.05, 0.1) is 6.61 Å². The number of primary amides is 1. The highest BCUT2D eigenvalue weighted by Crippen LogP contribution is 2.21. The van der Waals surface area contributed by atoms with Gasteiger partial charge in [-0.05, 0) is 17.7 Å². The zero-order valence-electron chi connectivity index (χ0n) is 13.2. The van der Waals surface area contributed by atoms with Crippen LogP contribution in [-0.4, -0.2) is 45.7 Å². The first-order valence-corrected chi connectivity index (χ1v) is 7.79. The zero-order chi connectivity index (χ0) is 16.2. The molecule has 1 aromatic carbocycles. The van der Waals surface area contributed by atoms with E-state index in [1.54, 1.807) is 6.07 Å². The predicted octanol–water partition coefficient (Wildman–Crippen LogP) is 1.04. The summed E-state index contributed by atoms with van der Waals surface area (Å²) in [4.78, 5) is 18.0. The maximum Gasteiger partial charge on any atom is 0.248 e. The Bertz CT molecular complexity index is 685. The zero-order valence-corrected chi connectivity index (χ0v) is 13.2. The lowest BCUT2D eigenvalue weighted by Gasteiger charge is -2.31. The van der Waals surface area contributed by atoms with Gasteiger partial charge in [-0.3, -0.25) is 14.8 Å². The van der Waals surface area contributed by atoms with E-state index in [-0.39, 0.29) is 6.10 Å². The topological polar surface area (TPSA) is 97.1 Å². The summed E-state index contributed by atoms with van der Waals surface area (Å²) < 4.78 is 5.79. The van der Waals surface area contributed by atoms with Gasteiger partial charge in [-0.15, -0.1) is 0 Å². The van der Waals surface area contributed by atoms with Crippen molar-refractivity contribution in [1.29, 1.82) is 0 Å². The summed E-state index contributed by atoms with van der Waals surface area (Å²) in [6.07, 6.45) is 0.697. The number of aromatic amines is 1. The average molecular weight is 315 g/mol. The van der Waals surface area contributed by atoms with Crippen LogP contribution in [0.1, 0.15) is 40.6 Å². The molecule has 23 heavy (non-hydrogen) atoms. The van der Waals surface area contributed by atoms with Crippen molar-refractivity contribution in [3.8, 4) is 0 Å². The number of amides is 1. The molecule has 1 fully saturated rings. The third-order valence-electron chi connectivity index (χ3n) is 3.94. The number of nitrogens with one attached hydrogen (secondary N) is 1. The SMILES string of the molecule is CCc1nc(C2CN(Cc3cccc(C(N)=O)c3)CCO2)n[nH]1. The van der Waals surface area contributed by atoms with Gasteiger partial charge in [0.2, 0.25) is 5.91 Å². The van der Waals surface area contributed by atoms with Gasteiger partial charge in [0, 0.05) is 31.6 Å². The molecule has 1 aromatic heterocycles. The molecule has 2 aromatic rings. The van der Waals surface area contributed by atoms with Crippen molar-refractivity contribution in [3.63, 3.8) is 0 Å². The van der Waals surface area contributed by atoms with Crippen molar-refractivity contribution < 1.29 is 9.53 Å². The summed E-state index contributed by atoms with van der Waals surface area (Å²) in [5, 5.41) is 7.17. The summed E-state index contributed by atoms with van der Waals surface area (Å²) in [7, 11) is 0. The van der Waals surface area contributed by atoms with E-state index in [2.05, 4.69) is 20.1 Å². The third kappa shape index (κ3) is 3.75. The number of nitrogens with two attached hydrogens (primary N) is 1. The van der Waals surface area contributed by atoms with Crippen LogP contribution in [0.2, 0.25) is 0 Å². The number of morpholine rings is 1. The molecule has 1 unspecified atom stereocenters. The number of aromatic nitrogens is 3. The van der Waals surface area contributed by atoms with Crippen LogP contribution < -0.4 is 5.73 Å². The number of hydrogen-bond acceptors (Lipinski definition) is 5. The Balaban J connectivity index is 1.66. The normalized spacial score (nSPS) is 18.9. The molecule has 7 nitrogen and oxygen atoms in total. The molecule has 3 N–H and O–H groups in total. The molecule has 0 saturated carbocycles. The Morgan fingerprint density at radius 3 is 3.13 bits per heavy atom. The smallest absolute Gasteiger partial charge is 0.248 e. The lowest BCUT2D eigenvalue weighted by Crippen LogP contribution is -2.38. The van der Waals surface area contributed by atoms with E-state index >= 15 is 0 Å². The third-order valence-corrected chi connectivity index (χ3v) is 3.94. The molecule has 3 rings (SSSR count). The summed E-state index contributed by atoms with van der Waals surface area (Å²) in [6.45, 7) is 4.97. The van der Waals surface area contributed by atoms with Crippen LogP contribution in [0.25, 0.3) is 0 Å². The number of H-pyrrole nitrogens is 1. The largest absolute Gasteiger partial charge is 0.367 e. The first kappa shape index (κ1) is 15.6. The minimum absolute atomic E-state index is 0.125. The van der Waals surface area contributed by atoms with Gasteiger partial charge in [0.15, 0.2) is 5.82 Å². The summed E-state index contributed by atoms with van der Waals surface area (Å²) in [5.41, 5.74) is 6.93. The highest BCUT2D eigenvalue weighted by Gasteiger charge is 2.25. The minimum Gasteiger partial charge on any atom is -0.367 e. The molecule has 0 radical (unpaired) electrons. The molecule has 122 valence electrons. The number of nitrogens with zero attached hydrogens (tertiary/aromatic N) is 3. The molecular formula is C16H21N5O2. The van der Waals surface area contributed by atoms with Gasteiger partial charge < -0.3 is 10.5 Å². The molecule has 1 aliphatic heterocycles. The fraction of sp³-hybridized carbons (Fsp3) is 0.438. The Kier molecular flexibility index (Phi) is 4.68. The second-order valence-electron chi connectivity index (χ2n) is 5.65. The van der Waals surface area contributed by atoms with E-state index in [1.807, 2.05) is 25.1 Å². The molecule has 0 bridgehead atoms. The number of hydrogen-bond donors (Lipinski definition) is 2. The highest BCUT2D eigenvalue weighted by molar-refractivity contribution is 5.92. The summed E-state index contributed by atoms with van der Waals surface area (Å²) in [5.74, 6) is 1.17. The monoisotopic (exact) mass is 315 g/mol. The van der Waals surface area contributed by atoms with E-state index < -0.39 is 5.91 Å². The molecule has 0 aliphatic carbocycles. The molecule has 2 heterocycles. The fourth-order valence-corrected chi connectivity index (χ4v) is 2.70. The van der Waals surface area contributed by atoms with E-state index in [4.69, 9.17) is 10.5 Å². The molecule has 1 amide bonds. The summed E-state index contributed by atoms with van der Waals surface area (Å²) in [6, 6.07) is 7.43. The molecule has 0 spiro atoms. The van der Waals surface area contributed by atoms with Crippen LogP contribution >= 0.6 is 0 Å². The van der Waals surface area contributed by atoms with E-state index in [9.17, 15) is 4.79 Å². The molecule has 1 aliphatic rings. The molecule has 1 saturated heterocycles. The van der Waals surface area contributed by atoms with Crippen molar-refractivity contribution in [2.45, 2.75) is 26.0 Å². The molecular weight excluding hydrogens is 294 g/mol. The van der Waals surface area contributed by atoms with Crippen molar-refractivity contribution in [1.82, 2.24) is 20.1 Å². The average Bonchev–Trinajstić information content (AvgIpc) is 3.04. The van der Waals surface area contributed by atoms with Crippen molar-refractivity contribution in [2.24, 2.45) is 5.73 Å². The summed E-state index contributed by atoms with van der Waals surface area (Å²) >= 11 is 0. The molecule has 1 atom stereocenters. The Morgan fingerprint density at radius 1 is 1.52 bits per heavy atom. The van der Waals surface area contributed by atoms with Gasteiger partial charge in [-0.1, -0.05) is 19.1 Å². The Morgan fingerprint density at radius 2 is 2.39 bits per heavy atom. The van der Waals surface area contributed by atoms with Gasteiger partial charge >= 0.3 is 0 Å². The maximum absolute atomic E-state index is 11.3. The number of aryl methyl sites for hydroxylation is 1. The van der Waals surface area contributed by atoms with Gasteiger partial charge in [0.25, 0.3) is 0 Å². The van der Waals surface area contributed by atoms with E-state index in [0.29, 0.717) is 18.0 Å². The van der Waals surface area contributed by atoms with Crippen molar-refractivity contribution in [2.75, 3.05) is 19.7 Å². The van der Waals surface area contributed by atoms with Crippen LogP contribution in [-0.2, 0) is 17.7 Å². The lowest BCUT2D eigenvalue weighted by atomic mass is 10.1. The van der Waals surface area contributed by atoms with E-state index in [0.717, 1.165) is 37.4 Å². The quantitative estimate of drug-likeness (QED) is 0.859. The van der Waals surface area contributed by atoms with E-state index in [1.165, 1.54) is 0 Å². The number of carbonyl (C=O) groups is 1. The van der Waals surface area contributed by atoms with Crippen molar-refractivity contribution >= 4 is 5.91 Å². The lowest BCUT2D eigenvalue weighted by molar-refractivity contribution is -0.0370. The standard InChI is InChI=1S/C16H21N5O2/c1-2-14-18-16(20-19-14)13-10-21(6-7-23-13)9-11-4-3-5-12(8-11)15(17)22/h3-5,8,13H,2,6-7,9-10H2,1H3,(H2,17,22)(H,18,19,20). The number of benzene rings is 1. The first-order valence-electron chi connectivity index (χ1n) is 7.79. The van der Waals surface area contributed by atoms with Crippen LogP contribution in [0.15, 0.2) is 24.3 Å². The van der Waals surface area contributed by atoms with Crippen LogP contribution in [0.3, 0.4) is 0 Å². The number of carbonyl (C=O) groups excluding carboxylic acids is 1. The van der Waals surface area contributed by atoms with Gasteiger partial charge in [-0.2, -0.15) is 5.10 Å². The van der Waals surface area contributed by atoms with Gasteiger partial charge in [-0.25, -0.2) is 4.98 Å².